The first-order valence-corrected chi connectivity index (χ1v) is 9.66. The van der Waals surface area contributed by atoms with Crippen molar-refractivity contribution in [3.63, 3.8) is 0 Å². The highest BCUT2D eigenvalue weighted by molar-refractivity contribution is 6.31. The van der Waals surface area contributed by atoms with Gasteiger partial charge in [-0.05, 0) is 60.5 Å². The second-order valence-electron chi connectivity index (χ2n) is 6.14. The maximum atomic E-state index is 9.37. The molecular weight excluding hydrogens is 397 g/mol. The quantitative estimate of drug-likeness (QED) is 0.422. The predicted molar refractivity (Wildman–Crippen MR) is 114 cm³/mol. The molecule has 0 saturated heterocycles. The van der Waals surface area contributed by atoms with E-state index in [1.807, 2.05) is 37.3 Å². The van der Waals surface area contributed by atoms with E-state index in [0.29, 0.717) is 41.3 Å². The minimum atomic E-state index is 0.226. The molecule has 0 spiro atoms. The molecule has 2 N–H and O–H groups in total. The number of nitrogens with one attached hydrogen (secondary N) is 1. The second-order valence-corrected chi connectivity index (χ2v) is 6.98. The maximum absolute atomic E-state index is 9.37. The summed E-state index contributed by atoms with van der Waals surface area (Å²) in [6, 6.07) is 18.0. The number of halogens is 2. The molecule has 3 aromatic carbocycles. The molecule has 3 rings (SSSR count). The number of rotatable bonds is 8. The molecule has 0 fully saturated rings. The smallest absolute Gasteiger partial charge is 0.163 e. The number of aromatic hydroxyl groups is 1. The molecule has 146 valence electrons. The summed E-state index contributed by atoms with van der Waals surface area (Å²) in [5, 5.41) is 13.9. The van der Waals surface area contributed by atoms with Gasteiger partial charge in [0.25, 0.3) is 0 Å². The van der Waals surface area contributed by atoms with Gasteiger partial charge in [0.05, 0.1) is 6.61 Å². The number of hydrogen-bond acceptors (Lipinski definition) is 4. The minimum Gasteiger partial charge on any atom is -0.508 e. The lowest BCUT2D eigenvalue weighted by Crippen LogP contribution is -2.04. The Labute approximate surface area is 174 Å². The maximum Gasteiger partial charge on any atom is 0.163 e. The molecule has 3 aromatic rings. The first kappa shape index (κ1) is 20.2. The highest BCUT2D eigenvalue weighted by Crippen LogP contribution is 2.34. The molecule has 6 heteroatoms. The van der Waals surface area contributed by atoms with Gasteiger partial charge in [-0.15, -0.1) is 0 Å². The minimum absolute atomic E-state index is 0.226. The van der Waals surface area contributed by atoms with Crippen molar-refractivity contribution in [2.24, 2.45) is 0 Å². The van der Waals surface area contributed by atoms with Gasteiger partial charge in [-0.25, -0.2) is 0 Å². The van der Waals surface area contributed by atoms with Crippen molar-refractivity contribution >= 4 is 28.9 Å². The lowest BCUT2D eigenvalue weighted by Gasteiger charge is -2.16. The van der Waals surface area contributed by atoms with Crippen molar-refractivity contribution in [2.45, 2.75) is 20.1 Å². The van der Waals surface area contributed by atoms with Crippen molar-refractivity contribution in [1.82, 2.24) is 0 Å². The van der Waals surface area contributed by atoms with E-state index in [4.69, 9.17) is 32.7 Å². The molecule has 0 heterocycles. The predicted octanol–water partition coefficient (Wildman–Crippen LogP) is 6.29. The van der Waals surface area contributed by atoms with E-state index < -0.39 is 0 Å². The Bertz CT molecular complexity index is 912. The summed E-state index contributed by atoms with van der Waals surface area (Å²) in [5.74, 6) is 1.46. The first-order valence-electron chi connectivity index (χ1n) is 8.90. The van der Waals surface area contributed by atoms with Crippen LogP contribution in [0.1, 0.15) is 18.1 Å². The van der Waals surface area contributed by atoms with Gasteiger partial charge in [0.2, 0.25) is 0 Å². The van der Waals surface area contributed by atoms with Gasteiger partial charge in [-0.1, -0.05) is 35.3 Å². The molecule has 0 bridgehead atoms. The molecule has 0 amide bonds. The molecule has 0 unspecified atom stereocenters. The topological polar surface area (TPSA) is 50.7 Å². The zero-order valence-electron chi connectivity index (χ0n) is 15.4. The van der Waals surface area contributed by atoms with Crippen LogP contribution in [0.2, 0.25) is 10.0 Å². The third-order valence-electron chi connectivity index (χ3n) is 4.07. The van der Waals surface area contributed by atoms with Crippen LogP contribution >= 0.6 is 23.2 Å². The zero-order valence-corrected chi connectivity index (χ0v) is 16.9. The molecule has 0 aliphatic heterocycles. The van der Waals surface area contributed by atoms with Crippen LogP contribution in [0.15, 0.2) is 60.7 Å². The third kappa shape index (κ3) is 5.47. The van der Waals surface area contributed by atoms with Crippen molar-refractivity contribution in [2.75, 3.05) is 11.9 Å². The van der Waals surface area contributed by atoms with E-state index >= 15 is 0 Å². The fourth-order valence-electron chi connectivity index (χ4n) is 2.61. The van der Waals surface area contributed by atoms with Crippen molar-refractivity contribution in [1.29, 1.82) is 0 Å². The van der Waals surface area contributed by atoms with Crippen molar-refractivity contribution in [3.8, 4) is 17.2 Å². The highest BCUT2D eigenvalue weighted by atomic mass is 35.5. The number of phenols is 1. The van der Waals surface area contributed by atoms with Gasteiger partial charge in [0.15, 0.2) is 11.5 Å². The summed E-state index contributed by atoms with van der Waals surface area (Å²) in [6.45, 7) is 3.34. The standard InChI is InChI=1S/C22H21Cl2NO3/c1-2-27-21-11-16(13-25-18-7-9-19(26)10-8-18)20(24)12-22(21)28-14-15-3-5-17(23)6-4-15/h3-12,25-26H,2,13-14H2,1H3. The molecule has 4 nitrogen and oxygen atoms in total. The SMILES string of the molecule is CCOc1cc(CNc2ccc(O)cc2)c(Cl)cc1OCc1ccc(Cl)cc1. The van der Waals surface area contributed by atoms with Gasteiger partial charge in [-0.2, -0.15) is 0 Å². The van der Waals surface area contributed by atoms with Gasteiger partial charge in [-0.3, -0.25) is 0 Å². The third-order valence-corrected chi connectivity index (χ3v) is 4.67. The molecule has 28 heavy (non-hydrogen) atoms. The molecule has 0 aromatic heterocycles. The molecule has 0 atom stereocenters. The fourth-order valence-corrected chi connectivity index (χ4v) is 2.96. The summed E-state index contributed by atoms with van der Waals surface area (Å²) in [6.07, 6.45) is 0. The lowest BCUT2D eigenvalue weighted by molar-refractivity contribution is 0.269. The van der Waals surface area contributed by atoms with Crippen LogP contribution < -0.4 is 14.8 Å². The van der Waals surface area contributed by atoms with Gasteiger partial charge >= 0.3 is 0 Å². The Hall–Kier alpha value is -2.56. The van der Waals surface area contributed by atoms with E-state index in [2.05, 4.69) is 5.32 Å². The molecule has 0 saturated carbocycles. The average Bonchev–Trinajstić information content (AvgIpc) is 2.69. The lowest BCUT2D eigenvalue weighted by atomic mass is 10.2. The number of ether oxygens (including phenoxy) is 2. The van der Waals surface area contributed by atoms with E-state index in [1.54, 1.807) is 30.3 Å². The zero-order chi connectivity index (χ0) is 19.9. The first-order chi connectivity index (χ1) is 13.5. The van der Waals surface area contributed by atoms with Crippen LogP contribution in [0, 0.1) is 0 Å². The normalized spacial score (nSPS) is 10.5. The molecule has 0 aliphatic carbocycles. The van der Waals surface area contributed by atoms with E-state index in [1.165, 1.54) is 0 Å². The van der Waals surface area contributed by atoms with E-state index in [0.717, 1.165) is 16.8 Å². The fraction of sp³-hybridized carbons (Fsp3) is 0.182. The average molecular weight is 418 g/mol. The van der Waals surface area contributed by atoms with Gasteiger partial charge in [0.1, 0.15) is 12.4 Å². The Morgan fingerprint density at radius 3 is 2.25 bits per heavy atom. The molecule has 0 aliphatic rings. The number of benzene rings is 3. The van der Waals surface area contributed by atoms with Crippen LogP contribution in [0.3, 0.4) is 0 Å². The van der Waals surface area contributed by atoms with Crippen LogP contribution in [0.4, 0.5) is 5.69 Å². The Kier molecular flexibility index (Phi) is 6.90. The van der Waals surface area contributed by atoms with Crippen LogP contribution in [0.25, 0.3) is 0 Å². The van der Waals surface area contributed by atoms with E-state index in [-0.39, 0.29) is 5.75 Å². The number of anilines is 1. The summed E-state index contributed by atoms with van der Waals surface area (Å²) in [5.41, 5.74) is 2.77. The van der Waals surface area contributed by atoms with Gasteiger partial charge in [0, 0.05) is 28.3 Å². The van der Waals surface area contributed by atoms with Crippen LogP contribution in [-0.4, -0.2) is 11.7 Å². The van der Waals surface area contributed by atoms with Crippen molar-refractivity contribution < 1.29 is 14.6 Å². The van der Waals surface area contributed by atoms with Crippen molar-refractivity contribution in [3.05, 3.63) is 81.8 Å². The summed E-state index contributed by atoms with van der Waals surface area (Å²) < 4.78 is 11.7. The van der Waals surface area contributed by atoms with Gasteiger partial charge < -0.3 is 19.9 Å². The summed E-state index contributed by atoms with van der Waals surface area (Å²) in [4.78, 5) is 0. The molecular formula is C22H21Cl2NO3. The summed E-state index contributed by atoms with van der Waals surface area (Å²) >= 11 is 12.4. The monoisotopic (exact) mass is 417 g/mol. The Morgan fingerprint density at radius 1 is 0.893 bits per heavy atom. The Morgan fingerprint density at radius 2 is 1.57 bits per heavy atom. The Balaban J connectivity index is 1.72. The van der Waals surface area contributed by atoms with Crippen LogP contribution in [-0.2, 0) is 13.2 Å². The number of hydrogen-bond donors (Lipinski definition) is 2. The van der Waals surface area contributed by atoms with Crippen LogP contribution in [0.5, 0.6) is 17.2 Å². The molecule has 0 radical (unpaired) electrons. The largest absolute Gasteiger partial charge is 0.508 e. The number of phenolic OH excluding ortho intramolecular Hbond substituents is 1. The highest BCUT2D eigenvalue weighted by Gasteiger charge is 2.12. The summed E-state index contributed by atoms with van der Waals surface area (Å²) in [7, 11) is 0. The van der Waals surface area contributed by atoms with E-state index in [9.17, 15) is 5.11 Å². The second kappa shape index (κ2) is 9.58.